The van der Waals surface area contributed by atoms with Crippen LogP contribution in [-0.4, -0.2) is 28.1 Å². The molecular formula is C13H24N6O. The predicted molar refractivity (Wildman–Crippen MR) is 78.5 cm³/mol. The molecule has 112 valence electrons. The number of hydrazine groups is 1. The number of aromatic nitrogens is 3. The summed E-state index contributed by atoms with van der Waals surface area (Å²) in [6.45, 7) is 3.25. The largest absolute Gasteiger partial charge is 0.464 e. The second kappa shape index (κ2) is 7.84. The van der Waals surface area contributed by atoms with Crippen LogP contribution in [0.1, 0.15) is 45.4 Å². The lowest BCUT2D eigenvalue weighted by Crippen LogP contribution is -2.15. The van der Waals surface area contributed by atoms with Gasteiger partial charge in [0.15, 0.2) is 0 Å². The summed E-state index contributed by atoms with van der Waals surface area (Å²) in [5.41, 5.74) is 2.42. The van der Waals surface area contributed by atoms with E-state index in [9.17, 15) is 0 Å². The van der Waals surface area contributed by atoms with Crippen molar-refractivity contribution in [2.45, 2.75) is 45.4 Å². The summed E-state index contributed by atoms with van der Waals surface area (Å²) >= 11 is 0. The molecule has 0 unspecified atom stereocenters. The van der Waals surface area contributed by atoms with Gasteiger partial charge in [-0.1, -0.05) is 25.7 Å². The maximum atomic E-state index is 5.34. The van der Waals surface area contributed by atoms with Crippen LogP contribution in [-0.2, 0) is 0 Å². The number of hydrogen-bond acceptors (Lipinski definition) is 7. The molecule has 0 aromatic carbocycles. The highest BCUT2D eigenvalue weighted by atomic mass is 16.5. The quantitative estimate of drug-likeness (QED) is 0.380. The summed E-state index contributed by atoms with van der Waals surface area (Å²) < 4.78 is 5.28. The molecule has 1 aromatic rings. The molecular weight excluding hydrogens is 256 g/mol. The molecule has 1 heterocycles. The zero-order chi connectivity index (χ0) is 14.2. The van der Waals surface area contributed by atoms with Crippen LogP contribution in [0, 0.1) is 5.92 Å². The van der Waals surface area contributed by atoms with Crippen LogP contribution in [0.2, 0.25) is 0 Å². The van der Waals surface area contributed by atoms with Gasteiger partial charge in [-0.2, -0.15) is 15.0 Å². The van der Waals surface area contributed by atoms with Crippen LogP contribution in [0.4, 0.5) is 11.9 Å². The van der Waals surface area contributed by atoms with E-state index in [1.54, 1.807) is 0 Å². The van der Waals surface area contributed by atoms with E-state index in [1.165, 1.54) is 32.1 Å². The number of rotatable bonds is 8. The van der Waals surface area contributed by atoms with Gasteiger partial charge in [0.2, 0.25) is 11.9 Å². The van der Waals surface area contributed by atoms with E-state index in [-0.39, 0.29) is 6.01 Å². The number of nitrogen functional groups attached to an aromatic ring is 1. The van der Waals surface area contributed by atoms with E-state index in [2.05, 4.69) is 25.7 Å². The molecule has 7 nitrogen and oxygen atoms in total. The molecule has 1 aliphatic carbocycles. The Balaban J connectivity index is 1.79. The molecule has 1 saturated carbocycles. The number of hydrogen-bond donors (Lipinski definition) is 3. The van der Waals surface area contributed by atoms with E-state index >= 15 is 0 Å². The Morgan fingerprint density at radius 3 is 2.65 bits per heavy atom. The molecule has 0 atom stereocenters. The number of nitrogens with zero attached hydrogens (tertiary/aromatic N) is 3. The average Bonchev–Trinajstić information content (AvgIpc) is 2.97. The van der Waals surface area contributed by atoms with Crippen molar-refractivity contribution in [3.8, 4) is 6.01 Å². The molecule has 0 amide bonds. The summed E-state index contributed by atoms with van der Waals surface area (Å²) in [5.74, 6) is 7.06. The standard InChI is InChI=1S/C13H24N6O/c1-2-20-13-17-11(16-12(18-13)19-14)15-9-5-8-10-6-3-4-7-10/h10H,2-9,14H2,1H3,(H2,15,16,17,18,19). The summed E-state index contributed by atoms with van der Waals surface area (Å²) in [7, 11) is 0. The second-order valence-electron chi connectivity index (χ2n) is 5.06. The maximum absolute atomic E-state index is 5.34. The van der Waals surface area contributed by atoms with Crippen LogP contribution in [0.25, 0.3) is 0 Å². The molecule has 0 bridgehead atoms. The van der Waals surface area contributed by atoms with E-state index in [1.807, 2.05) is 6.92 Å². The highest BCUT2D eigenvalue weighted by Crippen LogP contribution is 2.28. The predicted octanol–water partition coefficient (Wildman–Crippen LogP) is 1.94. The lowest BCUT2D eigenvalue weighted by atomic mass is 10.0. The van der Waals surface area contributed by atoms with Crippen LogP contribution < -0.4 is 21.3 Å². The van der Waals surface area contributed by atoms with Crippen LogP contribution in [0.15, 0.2) is 0 Å². The minimum Gasteiger partial charge on any atom is -0.464 e. The molecule has 0 spiro atoms. The van der Waals surface area contributed by atoms with E-state index in [4.69, 9.17) is 10.6 Å². The molecule has 0 aliphatic heterocycles. The topological polar surface area (TPSA) is 98.0 Å². The zero-order valence-electron chi connectivity index (χ0n) is 12.1. The normalized spacial score (nSPS) is 15.3. The highest BCUT2D eigenvalue weighted by molar-refractivity contribution is 5.34. The van der Waals surface area contributed by atoms with Crippen LogP contribution in [0.3, 0.4) is 0 Å². The molecule has 1 aromatic heterocycles. The van der Waals surface area contributed by atoms with Crippen molar-refractivity contribution in [1.82, 2.24) is 15.0 Å². The average molecular weight is 280 g/mol. The fourth-order valence-corrected chi connectivity index (χ4v) is 2.58. The molecule has 1 aliphatic rings. The van der Waals surface area contributed by atoms with Crippen LogP contribution in [0.5, 0.6) is 6.01 Å². The first kappa shape index (κ1) is 14.8. The third kappa shape index (κ3) is 4.48. The van der Waals surface area contributed by atoms with E-state index in [0.717, 1.165) is 18.9 Å². The lowest BCUT2D eigenvalue weighted by molar-refractivity contribution is 0.312. The van der Waals surface area contributed by atoms with Gasteiger partial charge >= 0.3 is 6.01 Å². The van der Waals surface area contributed by atoms with Crippen molar-refractivity contribution >= 4 is 11.9 Å². The Bertz CT molecular complexity index is 408. The molecule has 7 heteroatoms. The third-order valence-electron chi connectivity index (χ3n) is 3.56. The van der Waals surface area contributed by atoms with Crippen molar-refractivity contribution in [3.63, 3.8) is 0 Å². The van der Waals surface area contributed by atoms with E-state index in [0.29, 0.717) is 18.5 Å². The Kier molecular flexibility index (Phi) is 5.79. The van der Waals surface area contributed by atoms with Gasteiger partial charge in [-0.05, 0) is 25.7 Å². The first-order valence-electron chi connectivity index (χ1n) is 7.41. The fourth-order valence-electron chi connectivity index (χ4n) is 2.58. The molecule has 2 rings (SSSR count). The zero-order valence-corrected chi connectivity index (χ0v) is 12.1. The molecule has 0 saturated heterocycles. The van der Waals surface area contributed by atoms with Gasteiger partial charge in [-0.15, -0.1) is 0 Å². The smallest absolute Gasteiger partial charge is 0.323 e. The van der Waals surface area contributed by atoms with Crippen LogP contribution >= 0.6 is 0 Å². The Hall–Kier alpha value is -1.63. The van der Waals surface area contributed by atoms with Gasteiger partial charge in [0.1, 0.15) is 0 Å². The fraction of sp³-hybridized carbons (Fsp3) is 0.769. The first-order valence-corrected chi connectivity index (χ1v) is 7.41. The maximum Gasteiger partial charge on any atom is 0.323 e. The van der Waals surface area contributed by atoms with Gasteiger partial charge in [-0.25, -0.2) is 5.84 Å². The minimum atomic E-state index is 0.286. The van der Waals surface area contributed by atoms with Crippen molar-refractivity contribution in [2.75, 3.05) is 23.9 Å². The van der Waals surface area contributed by atoms with Gasteiger partial charge in [0, 0.05) is 6.54 Å². The summed E-state index contributed by atoms with van der Waals surface area (Å²) in [6, 6.07) is 0.286. The molecule has 1 fully saturated rings. The third-order valence-corrected chi connectivity index (χ3v) is 3.56. The molecule has 4 N–H and O–H groups in total. The summed E-state index contributed by atoms with van der Waals surface area (Å²) in [6.07, 6.45) is 7.98. The van der Waals surface area contributed by atoms with Crippen molar-refractivity contribution in [1.29, 1.82) is 0 Å². The Morgan fingerprint density at radius 2 is 1.95 bits per heavy atom. The lowest BCUT2D eigenvalue weighted by Gasteiger charge is -2.10. The van der Waals surface area contributed by atoms with Crippen molar-refractivity contribution < 1.29 is 4.74 Å². The summed E-state index contributed by atoms with van der Waals surface area (Å²) in [4.78, 5) is 12.4. The Labute approximate surface area is 119 Å². The first-order chi connectivity index (χ1) is 9.81. The number of ether oxygens (including phenoxy) is 1. The van der Waals surface area contributed by atoms with Crippen molar-refractivity contribution in [2.24, 2.45) is 11.8 Å². The van der Waals surface area contributed by atoms with Crippen molar-refractivity contribution in [3.05, 3.63) is 0 Å². The number of nitrogens with two attached hydrogens (primary N) is 1. The Morgan fingerprint density at radius 1 is 1.20 bits per heavy atom. The second-order valence-corrected chi connectivity index (χ2v) is 5.06. The molecule has 0 radical (unpaired) electrons. The summed E-state index contributed by atoms with van der Waals surface area (Å²) in [5, 5.41) is 3.20. The van der Waals surface area contributed by atoms with Gasteiger partial charge in [0.05, 0.1) is 6.61 Å². The van der Waals surface area contributed by atoms with Gasteiger partial charge < -0.3 is 10.1 Å². The van der Waals surface area contributed by atoms with Gasteiger partial charge in [-0.3, -0.25) is 5.43 Å². The highest BCUT2D eigenvalue weighted by Gasteiger charge is 2.14. The minimum absolute atomic E-state index is 0.286. The number of anilines is 2. The SMILES string of the molecule is CCOc1nc(NN)nc(NCCCC2CCCC2)n1. The number of nitrogens with one attached hydrogen (secondary N) is 2. The molecule has 20 heavy (non-hydrogen) atoms. The van der Waals surface area contributed by atoms with E-state index < -0.39 is 0 Å². The van der Waals surface area contributed by atoms with Gasteiger partial charge in [0.25, 0.3) is 0 Å². The monoisotopic (exact) mass is 280 g/mol.